The summed E-state index contributed by atoms with van der Waals surface area (Å²) >= 11 is 3.11. The summed E-state index contributed by atoms with van der Waals surface area (Å²) in [4.78, 5) is 19.9. The molecular formula is C18H18N2OS2. The summed E-state index contributed by atoms with van der Waals surface area (Å²) in [6.07, 6.45) is 0. The molecule has 1 amide bonds. The van der Waals surface area contributed by atoms with Crippen molar-refractivity contribution >= 4 is 28.6 Å². The van der Waals surface area contributed by atoms with E-state index in [9.17, 15) is 4.79 Å². The Morgan fingerprint density at radius 1 is 1.22 bits per heavy atom. The zero-order chi connectivity index (χ0) is 16.4. The van der Waals surface area contributed by atoms with E-state index in [1.54, 1.807) is 16.2 Å². The van der Waals surface area contributed by atoms with Gasteiger partial charge in [-0.2, -0.15) is 11.3 Å². The molecule has 1 atom stereocenters. The van der Waals surface area contributed by atoms with E-state index in [0.717, 1.165) is 26.7 Å². The Morgan fingerprint density at radius 3 is 2.61 bits per heavy atom. The molecule has 1 unspecified atom stereocenters. The number of carbonyl (C=O) groups excluding carboxylic acids is 1. The second-order valence-electron chi connectivity index (χ2n) is 5.45. The van der Waals surface area contributed by atoms with Crippen LogP contribution in [0.15, 0.2) is 47.2 Å². The lowest BCUT2D eigenvalue weighted by molar-refractivity contribution is 0.0746. The van der Waals surface area contributed by atoms with Crippen LogP contribution in [0.2, 0.25) is 0 Å². The van der Waals surface area contributed by atoms with Crippen LogP contribution < -0.4 is 0 Å². The second-order valence-corrected chi connectivity index (χ2v) is 7.23. The predicted octanol–water partition coefficient (Wildman–Crippen LogP) is 5.01. The first-order chi connectivity index (χ1) is 11.1. The van der Waals surface area contributed by atoms with E-state index >= 15 is 0 Å². The minimum Gasteiger partial charge on any atom is -0.334 e. The molecule has 3 aromatic rings. The molecular weight excluding hydrogens is 324 g/mol. The normalized spacial score (nSPS) is 12.1. The van der Waals surface area contributed by atoms with Crippen molar-refractivity contribution in [1.82, 2.24) is 9.88 Å². The Bertz CT molecular complexity index is 794. The first-order valence-corrected chi connectivity index (χ1v) is 9.16. The number of rotatable bonds is 4. The van der Waals surface area contributed by atoms with Crippen molar-refractivity contribution < 1.29 is 4.79 Å². The fraction of sp³-hybridized carbons (Fsp3) is 0.222. The number of thiazole rings is 1. The zero-order valence-electron chi connectivity index (χ0n) is 13.3. The van der Waals surface area contributed by atoms with Crippen molar-refractivity contribution in [3.63, 3.8) is 0 Å². The Morgan fingerprint density at radius 2 is 1.96 bits per heavy atom. The number of thiophene rings is 1. The van der Waals surface area contributed by atoms with Gasteiger partial charge in [0.2, 0.25) is 0 Å². The van der Waals surface area contributed by atoms with Crippen molar-refractivity contribution in [3.05, 3.63) is 63.3 Å². The molecule has 2 aromatic heterocycles. The molecule has 118 valence electrons. The number of aromatic nitrogens is 1. The topological polar surface area (TPSA) is 33.2 Å². The highest BCUT2D eigenvalue weighted by atomic mass is 32.1. The molecule has 0 bridgehead atoms. The Balaban J connectivity index is 1.85. The molecule has 0 aliphatic carbocycles. The van der Waals surface area contributed by atoms with Gasteiger partial charge in [-0.15, -0.1) is 11.3 Å². The van der Waals surface area contributed by atoms with Crippen LogP contribution in [0.5, 0.6) is 0 Å². The third-order valence-electron chi connectivity index (χ3n) is 3.94. The van der Waals surface area contributed by atoms with Gasteiger partial charge in [-0.3, -0.25) is 4.79 Å². The lowest BCUT2D eigenvalue weighted by Gasteiger charge is -2.25. The Kier molecular flexibility index (Phi) is 4.59. The lowest BCUT2D eigenvalue weighted by atomic mass is 10.1. The standard InChI is InChI=1S/C18H18N2OS2/c1-12-16(23-17(19-12)15-9-10-22-11-15)18(21)20(3)13(2)14-7-5-4-6-8-14/h4-11,13H,1-3H3. The molecule has 0 radical (unpaired) electrons. The van der Waals surface area contributed by atoms with Crippen LogP contribution in [-0.4, -0.2) is 22.8 Å². The monoisotopic (exact) mass is 342 g/mol. The van der Waals surface area contributed by atoms with Gasteiger partial charge in [-0.1, -0.05) is 30.3 Å². The van der Waals surface area contributed by atoms with E-state index in [1.165, 1.54) is 11.3 Å². The average molecular weight is 342 g/mol. The first kappa shape index (κ1) is 15.9. The molecule has 3 rings (SSSR count). The van der Waals surface area contributed by atoms with Gasteiger partial charge in [0.15, 0.2) is 0 Å². The number of nitrogens with zero attached hydrogens (tertiary/aromatic N) is 2. The highest BCUT2D eigenvalue weighted by molar-refractivity contribution is 7.17. The number of benzene rings is 1. The summed E-state index contributed by atoms with van der Waals surface area (Å²) in [6.45, 7) is 3.95. The van der Waals surface area contributed by atoms with Crippen LogP contribution in [0.25, 0.3) is 10.6 Å². The quantitative estimate of drug-likeness (QED) is 0.667. The van der Waals surface area contributed by atoms with Crippen molar-refractivity contribution in [2.75, 3.05) is 7.05 Å². The van der Waals surface area contributed by atoms with E-state index in [0.29, 0.717) is 0 Å². The smallest absolute Gasteiger partial charge is 0.266 e. The highest BCUT2D eigenvalue weighted by Gasteiger charge is 2.23. The van der Waals surface area contributed by atoms with Gasteiger partial charge in [-0.05, 0) is 30.9 Å². The molecule has 0 saturated carbocycles. The van der Waals surface area contributed by atoms with Gasteiger partial charge in [0.25, 0.3) is 5.91 Å². The maximum absolute atomic E-state index is 12.9. The van der Waals surface area contributed by atoms with E-state index in [2.05, 4.69) is 10.4 Å². The van der Waals surface area contributed by atoms with E-state index in [-0.39, 0.29) is 11.9 Å². The predicted molar refractivity (Wildman–Crippen MR) is 97.1 cm³/mol. The summed E-state index contributed by atoms with van der Waals surface area (Å²) in [5.74, 6) is 0.0258. The fourth-order valence-electron chi connectivity index (χ4n) is 2.40. The van der Waals surface area contributed by atoms with E-state index in [4.69, 9.17) is 0 Å². The first-order valence-electron chi connectivity index (χ1n) is 7.40. The molecule has 0 aliphatic heterocycles. The summed E-state index contributed by atoms with van der Waals surface area (Å²) in [6, 6.07) is 12.1. The zero-order valence-corrected chi connectivity index (χ0v) is 14.9. The van der Waals surface area contributed by atoms with Crippen LogP contribution >= 0.6 is 22.7 Å². The average Bonchev–Trinajstić information content (AvgIpc) is 3.23. The summed E-state index contributed by atoms with van der Waals surface area (Å²) in [5, 5.41) is 4.99. The molecule has 0 N–H and O–H groups in total. The van der Waals surface area contributed by atoms with Gasteiger partial charge in [0.1, 0.15) is 9.88 Å². The van der Waals surface area contributed by atoms with Crippen molar-refractivity contribution in [3.8, 4) is 10.6 Å². The largest absolute Gasteiger partial charge is 0.334 e. The Hall–Kier alpha value is -1.98. The van der Waals surface area contributed by atoms with Crippen LogP contribution in [-0.2, 0) is 0 Å². The SMILES string of the molecule is Cc1nc(-c2ccsc2)sc1C(=O)N(C)C(C)c1ccccc1. The van der Waals surface area contributed by atoms with Gasteiger partial charge in [0, 0.05) is 18.0 Å². The van der Waals surface area contributed by atoms with Crippen molar-refractivity contribution in [2.24, 2.45) is 0 Å². The molecule has 5 heteroatoms. The summed E-state index contributed by atoms with van der Waals surface area (Å²) in [5.41, 5.74) is 3.01. The van der Waals surface area contributed by atoms with Crippen molar-refractivity contribution in [1.29, 1.82) is 0 Å². The van der Waals surface area contributed by atoms with Crippen molar-refractivity contribution in [2.45, 2.75) is 19.9 Å². The molecule has 1 aromatic carbocycles. The fourth-order valence-corrected chi connectivity index (χ4v) is 4.16. The van der Waals surface area contributed by atoms with Crippen LogP contribution in [0.4, 0.5) is 0 Å². The van der Waals surface area contributed by atoms with E-state index < -0.39 is 0 Å². The maximum Gasteiger partial charge on any atom is 0.266 e. The minimum absolute atomic E-state index is 0.0230. The van der Waals surface area contributed by atoms with Gasteiger partial charge in [-0.25, -0.2) is 4.98 Å². The summed E-state index contributed by atoms with van der Waals surface area (Å²) in [7, 11) is 1.85. The van der Waals surface area contributed by atoms with Gasteiger partial charge >= 0.3 is 0 Å². The molecule has 23 heavy (non-hydrogen) atoms. The van der Waals surface area contributed by atoms with Gasteiger partial charge in [0.05, 0.1) is 11.7 Å². The number of aryl methyl sites for hydroxylation is 1. The van der Waals surface area contributed by atoms with Crippen LogP contribution in [0, 0.1) is 6.92 Å². The third kappa shape index (κ3) is 3.21. The number of carbonyl (C=O) groups is 1. The third-order valence-corrected chi connectivity index (χ3v) is 5.82. The van der Waals surface area contributed by atoms with Crippen LogP contribution in [0.3, 0.4) is 0 Å². The molecule has 0 saturated heterocycles. The number of amides is 1. The second kappa shape index (κ2) is 6.64. The molecule has 0 aliphatic rings. The number of hydrogen-bond acceptors (Lipinski definition) is 4. The molecule has 0 spiro atoms. The molecule has 2 heterocycles. The maximum atomic E-state index is 12.9. The van der Waals surface area contributed by atoms with Gasteiger partial charge < -0.3 is 4.90 Å². The molecule has 3 nitrogen and oxygen atoms in total. The molecule has 0 fully saturated rings. The van der Waals surface area contributed by atoms with E-state index in [1.807, 2.05) is 62.7 Å². The highest BCUT2D eigenvalue weighted by Crippen LogP contribution is 2.31. The lowest BCUT2D eigenvalue weighted by Crippen LogP contribution is -2.29. The minimum atomic E-state index is 0.0230. The Labute approximate surface area is 144 Å². The van der Waals surface area contributed by atoms with Crippen LogP contribution in [0.1, 0.15) is 33.9 Å². The number of hydrogen-bond donors (Lipinski definition) is 0. The summed E-state index contributed by atoms with van der Waals surface area (Å²) < 4.78 is 0.